The molecule has 0 N–H and O–H groups in total. The molecule has 1 saturated carbocycles. The molecule has 1 fully saturated rings. The maximum absolute atomic E-state index is 13.8. The Kier molecular flexibility index (Phi) is 10.3. The van der Waals surface area contributed by atoms with Crippen molar-refractivity contribution < 1.29 is 14.3 Å². The second kappa shape index (κ2) is 14.3. The lowest BCUT2D eigenvalue weighted by Gasteiger charge is -2.36. The van der Waals surface area contributed by atoms with Crippen LogP contribution in [0, 0.1) is 0 Å². The minimum absolute atomic E-state index is 0.0121. The summed E-state index contributed by atoms with van der Waals surface area (Å²) in [6.45, 7) is 2.08. The first-order chi connectivity index (χ1) is 18.6. The average molecular weight is 514 g/mol. The van der Waals surface area contributed by atoms with Gasteiger partial charge in [-0.3, -0.25) is 9.59 Å². The highest BCUT2D eigenvalue weighted by molar-refractivity contribution is 5.94. The van der Waals surface area contributed by atoms with Gasteiger partial charge in [0.2, 0.25) is 11.8 Å². The molecule has 6 heteroatoms. The van der Waals surface area contributed by atoms with Crippen molar-refractivity contribution in [3.63, 3.8) is 0 Å². The molecule has 0 atom stereocenters. The van der Waals surface area contributed by atoms with E-state index in [2.05, 4.69) is 29.0 Å². The molecule has 0 unspecified atom stereocenters. The van der Waals surface area contributed by atoms with E-state index in [4.69, 9.17) is 4.74 Å². The van der Waals surface area contributed by atoms with Gasteiger partial charge in [0, 0.05) is 44.2 Å². The van der Waals surface area contributed by atoms with Crippen LogP contribution in [-0.4, -0.2) is 59.0 Å². The summed E-state index contributed by atoms with van der Waals surface area (Å²) in [6, 6.07) is 24.4. The molecule has 1 aromatic heterocycles. The standard InChI is InChI=1S/C32H39N3O3/c1-38-23-22-34(31(36)20-19-27-12-5-2-6-13-27)26-32(37)35(29-16-9-4-10-17-29)25-30-18-11-21-33(30)24-28-14-7-3-8-15-28/h2-3,5-8,11-15,18-21,29H,4,9-10,16-17,22-26H2,1H3. The fourth-order valence-corrected chi connectivity index (χ4v) is 5.08. The van der Waals surface area contributed by atoms with Crippen LogP contribution in [0.25, 0.3) is 6.08 Å². The van der Waals surface area contributed by atoms with Crippen molar-refractivity contribution in [3.8, 4) is 0 Å². The monoisotopic (exact) mass is 513 g/mol. The number of ether oxygens (including phenoxy) is 1. The Labute approximate surface area is 226 Å². The van der Waals surface area contributed by atoms with Crippen LogP contribution in [0.3, 0.4) is 0 Å². The van der Waals surface area contributed by atoms with Gasteiger partial charge in [-0.2, -0.15) is 0 Å². The van der Waals surface area contributed by atoms with Crippen molar-refractivity contribution >= 4 is 17.9 Å². The zero-order valence-corrected chi connectivity index (χ0v) is 22.4. The molecule has 4 rings (SSSR count). The fourth-order valence-electron chi connectivity index (χ4n) is 5.08. The lowest BCUT2D eigenvalue weighted by Crippen LogP contribution is -2.48. The summed E-state index contributed by atoms with van der Waals surface area (Å²) in [5.74, 6) is -0.197. The minimum atomic E-state index is -0.185. The van der Waals surface area contributed by atoms with Crippen LogP contribution in [0.15, 0.2) is 85.1 Å². The number of hydrogen-bond acceptors (Lipinski definition) is 3. The van der Waals surface area contributed by atoms with Gasteiger partial charge in [0.05, 0.1) is 13.2 Å². The van der Waals surface area contributed by atoms with Crippen molar-refractivity contribution in [2.75, 3.05) is 26.8 Å². The van der Waals surface area contributed by atoms with E-state index in [1.54, 1.807) is 24.2 Å². The van der Waals surface area contributed by atoms with E-state index in [0.717, 1.165) is 43.5 Å². The summed E-state index contributed by atoms with van der Waals surface area (Å²) in [5, 5.41) is 0. The van der Waals surface area contributed by atoms with Gasteiger partial charge < -0.3 is 19.1 Å². The molecule has 0 radical (unpaired) electrons. The molecule has 3 aromatic rings. The maximum atomic E-state index is 13.8. The number of methoxy groups -OCH3 is 1. The van der Waals surface area contributed by atoms with Crippen LogP contribution in [-0.2, 0) is 27.4 Å². The molecule has 1 aliphatic rings. The predicted octanol–water partition coefficient (Wildman–Crippen LogP) is 5.39. The van der Waals surface area contributed by atoms with Gasteiger partial charge in [-0.15, -0.1) is 0 Å². The highest BCUT2D eigenvalue weighted by Crippen LogP contribution is 2.25. The third-order valence-corrected chi connectivity index (χ3v) is 7.21. The first kappa shape index (κ1) is 27.4. The fraction of sp³-hybridized carbons (Fsp3) is 0.375. The second-order valence-corrected chi connectivity index (χ2v) is 9.92. The largest absolute Gasteiger partial charge is 0.383 e. The third-order valence-electron chi connectivity index (χ3n) is 7.21. The molecule has 0 aliphatic heterocycles. The van der Waals surface area contributed by atoms with Gasteiger partial charge in [0.25, 0.3) is 0 Å². The third kappa shape index (κ3) is 7.93. The van der Waals surface area contributed by atoms with Crippen molar-refractivity contribution in [2.24, 2.45) is 0 Å². The van der Waals surface area contributed by atoms with Gasteiger partial charge >= 0.3 is 0 Å². The Morgan fingerprint density at radius 3 is 2.37 bits per heavy atom. The summed E-state index contributed by atoms with van der Waals surface area (Å²) in [6.07, 6.45) is 10.9. The highest BCUT2D eigenvalue weighted by atomic mass is 16.5. The summed E-state index contributed by atoms with van der Waals surface area (Å²) in [4.78, 5) is 30.6. The van der Waals surface area contributed by atoms with Gasteiger partial charge in [-0.1, -0.05) is 79.9 Å². The van der Waals surface area contributed by atoms with E-state index < -0.39 is 0 Å². The van der Waals surface area contributed by atoms with E-state index in [1.165, 1.54) is 12.0 Å². The van der Waals surface area contributed by atoms with Crippen LogP contribution < -0.4 is 0 Å². The number of rotatable bonds is 12. The van der Waals surface area contributed by atoms with E-state index in [9.17, 15) is 9.59 Å². The molecule has 2 aromatic carbocycles. The average Bonchev–Trinajstić information content (AvgIpc) is 3.40. The Balaban J connectivity index is 1.50. The zero-order valence-electron chi connectivity index (χ0n) is 22.4. The molecule has 1 aliphatic carbocycles. The number of carbonyl (C=O) groups is 2. The van der Waals surface area contributed by atoms with Crippen molar-refractivity contribution in [2.45, 2.75) is 51.2 Å². The number of benzene rings is 2. The van der Waals surface area contributed by atoms with Crippen LogP contribution in [0.4, 0.5) is 0 Å². The summed E-state index contributed by atoms with van der Waals surface area (Å²) in [5.41, 5.74) is 3.27. The Morgan fingerprint density at radius 2 is 1.66 bits per heavy atom. The van der Waals surface area contributed by atoms with Crippen molar-refractivity contribution in [1.82, 2.24) is 14.4 Å². The number of hydrogen-bond donors (Lipinski definition) is 0. The molecule has 200 valence electrons. The van der Waals surface area contributed by atoms with E-state index in [1.807, 2.05) is 59.5 Å². The first-order valence-corrected chi connectivity index (χ1v) is 13.6. The van der Waals surface area contributed by atoms with Gasteiger partial charge in [-0.25, -0.2) is 0 Å². The number of nitrogens with zero attached hydrogens (tertiary/aromatic N) is 3. The van der Waals surface area contributed by atoms with E-state index >= 15 is 0 Å². The molecule has 0 bridgehead atoms. The molecule has 38 heavy (non-hydrogen) atoms. The lowest BCUT2D eigenvalue weighted by atomic mass is 9.94. The Bertz CT molecular complexity index is 1170. The van der Waals surface area contributed by atoms with Crippen molar-refractivity contribution in [1.29, 1.82) is 0 Å². The Hall–Kier alpha value is -3.64. The molecule has 0 spiro atoms. The van der Waals surface area contributed by atoms with E-state index in [0.29, 0.717) is 19.7 Å². The predicted molar refractivity (Wildman–Crippen MR) is 151 cm³/mol. The smallest absolute Gasteiger partial charge is 0.247 e. The van der Waals surface area contributed by atoms with Gasteiger partial charge in [-0.05, 0) is 42.2 Å². The normalized spacial score (nSPS) is 14.0. The molecule has 0 saturated heterocycles. The van der Waals surface area contributed by atoms with Crippen LogP contribution in [0.1, 0.15) is 48.9 Å². The molecule has 6 nitrogen and oxygen atoms in total. The SMILES string of the molecule is COCCN(CC(=O)N(Cc1cccn1Cc1ccccc1)C1CCCCC1)C(=O)C=Cc1ccccc1. The lowest BCUT2D eigenvalue weighted by molar-refractivity contribution is -0.141. The Morgan fingerprint density at radius 1 is 0.947 bits per heavy atom. The van der Waals surface area contributed by atoms with Crippen LogP contribution in [0.2, 0.25) is 0 Å². The van der Waals surface area contributed by atoms with Gasteiger partial charge in [0.1, 0.15) is 6.54 Å². The second-order valence-electron chi connectivity index (χ2n) is 9.92. The highest BCUT2D eigenvalue weighted by Gasteiger charge is 2.28. The molecule has 2 amide bonds. The van der Waals surface area contributed by atoms with E-state index in [-0.39, 0.29) is 24.4 Å². The van der Waals surface area contributed by atoms with Crippen molar-refractivity contribution in [3.05, 3.63) is 102 Å². The number of aromatic nitrogens is 1. The van der Waals surface area contributed by atoms with Crippen LogP contribution >= 0.6 is 0 Å². The minimum Gasteiger partial charge on any atom is -0.383 e. The maximum Gasteiger partial charge on any atom is 0.247 e. The number of carbonyl (C=O) groups excluding carboxylic acids is 2. The number of amides is 2. The van der Waals surface area contributed by atoms with Crippen LogP contribution in [0.5, 0.6) is 0 Å². The topological polar surface area (TPSA) is 54.8 Å². The summed E-state index contributed by atoms with van der Waals surface area (Å²) < 4.78 is 7.47. The summed E-state index contributed by atoms with van der Waals surface area (Å²) >= 11 is 0. The first-order valence-electron chi connectivity index (χ1n) is 13.6. The molecule has 1 heterocycles. The molecular formula is C32H39N3O3. The summed E-state index contributed by atoms with van der Waals surface area (Å²) in [7, 11) is 1.61. The molecular weight excluding hydrogens is 474 g/mol. The quantitative estimate of drug-likeness (QED) is 0.305. The van der Waals surface area contributed by atoms with Gasteiger partial charge in [0.15, 0.2) is 0 Å². The zero-order chi connectivity index (χ0) is 26.6.